The molecule has 2 heterocycles. The Hall–Kier alpha value is -1.75. The lowest BCUT2D eigenvalue weighted by Gasteiger charge is -2.23. The van der Waals surface area contributed by atoms with E-state index in [0.717, 1.165) is 19.5 Å². The van der Waals surface area contributed by atoms with Crippen LogP contribution in [0.5, 0.6) is 11.5 Å². The number of benzene rings is 1. The Morgan fingerprint density at radius 2 is 2.21 bits per heavy atom. The predicted molar refractivity (Wildman–Crippen MR) is 70.5 cm³/mol. The molecule has 2 N–H and O–H groups in total. The predicted octanol–water partition coefficient (Wildman–Crippen LogP) is 0.879. The third-order valence-corrected chi connectivity index (χ3v) is 3.70. The summed E-state index contributed by atoms with van der Waals surface area (Å²) in [7, 11) is 0. The number of likely N-dealkylation sites (tertiary alicyclic amines) is 1. The van der Waals surface area contributed by atoms with Crippen molar-refractivity contribution in [2.75, 3.05) is 32.8 Å². The highest BCUT2D eigenvalue weighted by Crippen LogP contribution is 2.34. The van der Waals surface area contributed by atoms with Gasteiger partial charge in [0.05, 0.1) is 5.56 Å². The van der Waals surface area contributed by atoms with Crippen LogP contribution in [0.3, 0.4) is 0 Å². The maximum Gasteiger partial charge on any atom is 0.257 e. The van der Waals surface area contributed by atoms with Gasteiger partial charge in [-0.25, -0.2) is 0 Å². The van der Waals surface area contributed by atoms with Crippen molar-refractivity contribution >= 4 is 5.91 Å². The molecule has 2 aliphatic rings. The number of nitrogens with zero attached hydrogens (tertiary/aromatic N) is 1. The molecule has 19 heavy (non-hydrogen) atoms. The van der Waals surface area contributed by atoms with Gasteiger partial charge in [-0.2, -0.15) is 0 Å². The summed E-state index contributed by atoms with van der Waals surface area (Å²) in [5.74, 6) is 1.67. The molecule has 0 aromatic heterocycles. The summed E-state index contributed by atoms with van der Waals surface area (Å²) in [6, 6.07) is 5.46. The molecular formula is C14H18N2O3. The Morgan fingerprint density at radius 1 is 1.37 bits per heavy atom. The van der Waals surface area contributed by atoms with Crippen molar-refractivity contribution in [2.45, 2.75) is 6.42 Å². The summed E-state index contributed by atoms with van der Waals surface area (Å²) in [6.45, 7) is 3.16. The van der Waals surface area contributed by atoms with Gasteiger partial charge in [0.1, 0.15) is 13.2 Å². The summed E-state index contributed by atoms with van der Waals surface area (Å²) in [5, 5.41) is 0. The molecule has 0 unspecified atom stereocenters. The smallest absolute Gasteiger partial charge is 0.257 e. The fourth-order valence-electron chi connectivity index (χ4n) is 2.62. The van der Waals surface area contributed by atoms with E-state index < -0.39 is 0 Å². The maximum absolute atomic E-state index is 12.5. The molecule has 1 atom stereocenters. The van der Waals surface area contributed by atoms with E-state index in [4.69, 9.17) is 15.2 Å². The average molecular weight is 262 g/mol. The van der Waals surface area contributed by atoms with Crippen molar-refractivity contribution in [3.8, 4) is 11.5 Å². The summed E-state index contributed by atoms with van der Waals surface area (Å²) in [4.78, 5) is 14.4. The first-order valence-corrected chi connectivity index (χ1v) is 6.67. The van der Waals surface area contributed by atoms with Crippen LogP contribution in [0.15, 0.2) is 18.2 Å². The third-order valence-electron chi connectivity index (χ3n) is 3.70. The van der Waals surface area contributed by atoms with E-state index in [9.17, 15) is 4.79 Å². The van der Waals surface area contributed by atoms with Crippen molar-refractivity contribution in [1.29, 1.82) is 0 Å². The van der Waals surface area contributed by atoms with E-state index >= 15 is 0 Å². The molecule has 1 aromatic rings. The molecule has 5 heteroatoms. The number of amides is 1. The van der Waals surface area contributed by atoms with Gasteiger partial charge >= 0.3 is 0 Å². The lowest BCUT2D eigenvalue weighted by atomic mass is 10.1. The highest BCUT2D eigenvalue weighted by molar-refractivity contribution is 5.98. The van der Waals surface area contributed by atoms with Gasteiger partial charge in [-0.3, -0.25) is 4.79 Å². The largest absolute Gasteiger partial charge is 0.486 e. The Kier molecular flexibility index (Phi) is 3.29. The molecule has 5 nitrogen and oxygen atoms in total. The van der Waals surface area contributed by atoms with Gasteiger partial charge in [-0.1, -0.05) is 6.07 Å². The van der Waals surface area contributed by atoms with E-state index in [1.165, 1.54) is 0 Å². The molecule has 102 valence electrons. The normalized spacial score (nSPS) is 21.5. The number of hydrogen-bond donors (Lipinski definition) is 1. The van der Waals surface area contributed by atoms with E-state index in [2.05, 4.69) is 0 Å². The van der Waals surface area contributed by atoms with Crippen LogP contribution in [0.4, 0.5) is 0 Å². The molecule has 1 fully saturated rings. The van der Waals surface area contributed by atoms with Crippen molar-refractivity contribution < 1.29 is 14.3 Å². The number of nitrogens with two attached hydrogens (primary N) is 1. The van der Waals surface area contributed by atoms with E-state index in [1.807, 2.05) is 17.0 Å². The van der Waals surface area contributed by atoms with Crippen LogP contribution in [-0.2, 0) is 0 Å². The highest BCUT2D eigenvalue weighted by Gasteiger charge is 2.29. The van der Waals surface area contributed by atoms with Gasteiger partial charge in [0.15, 0.2) is 11.5 Å². The zero-order chi connectivity index (χ0) is 13.2. The number of para-hydroxylation sites is 1. The number of ether oxygens (including phenoxy) is 2. The first-order valence-electron chi connectivity index (χ1n) is 6.67. The molecule has 1 saturated heterocycles. The topological polar surface area (TPSA) is 64.8 Å². The number of carbonyl (C=O) groups is 1. The van der Waals surface area contributed by atoms with Crippen LogP contribution < -0.4 is 15.2 Å². The van der Waals surface area contributed by atoms with Gasteiger partial charge < -0.3 is 20.1 Å². The van der Waals surface area contributed by atoms with Crippen LogP contribution in [-0.4, -0.2) is 43.7 Å². The second-order valence-electron chi connectivity index (χ2n) is 4.97. The second kappa shape index (κ2) is 5.09. The molecule has 0 spiro atoms. The van der Waals surface area contributed by atoms with Crippen molar-refractivity contribution in [1.82, 2.24) is 4.90 Å². The highest BCUT2D eigenvalue weighted by atomic mass is 16.6. The van der Waals surface area contributed by atoms with E-state index in [0.29, 0.717) is 42.7 Å². The number of rotatable bonds is 2. The molecule has 1 amide bonds. The van der Waals surface area contributed by atoms with Gasteiger partial charge in [0.2, 0.25) is 0 Å². The van der Waals surface area contributed by atoms with Crippen LogP contribution >= 0.6 is 0 Å². The van der Waals surface area contributed by atoms with Crippen LogP contribution in [0, 0.1) is 5.92 Å². The lowest BCUT2D eigenvalue weighted by molar-refractivity contribution is 0.0777. The molecule has 0 aliphatic carbocycles. The fourth-order valence-corrected chi connectivity index (χ4v) is 2.62. The SMILES string of the molecule is NC[C@@H]1CCN(C(=O)c2cccc3c2OCCO3)C1. The minimum Gasteiger partial charge on any atom is -0.486 e. The third kappa shape index (κ3) is 2.26. The van der Waals surface area contributed by atoms with E-state index in [-0.39, 0.29) is 5.91 Å². The molecule has 0 saturated carbocycles. The first kappa shape index (κ1) is 12.3. The maximum atomic E-state index is 12.5. The first-order chi connectivity index (χ1) is 9.29. The molecule has 3 rings (SSSR count). The Labute approximate surface area is 112 Å². The zero-order valence-corrected chi connectivity index (χ0v) is 10.8. The summed E-state index contributed by atoms with van der Waals surface area (Å²) < 4.78 is 11.1. The number of fused-ring (bicyclic) bond motifs is 1. The Bertz CT molecular complexity index is 490. The van der Waals surface area contributed by atoms with E-state index in [1.54, 1.807) is 6.07 Å². The quantitative estimate of drug-likeness (QED) is 0.859. The summed E-state index contributed by atoms with van der Waals surface area (Å²) in [6.07, 6.45) is 0.981. The van der Waals surface area contributed by atoms with Crippen LogP contribution in [0.1, 0.15) is 16.8 Å². The van der Waals surface area contributed by atoms with Crippen LogP contribution in [0.25, 0.3) is 0 Å². The Morgan fingerprint density at radius 3 is 3.00 bits per heavy atom. The number of hydrogen-bond acceptors (Lipinski definition) is 4. The zero-order valence-electron chi connectivity index (χ0n) is 10.8. The van der Waals surface area contributed by atoms with Gasteiger partial charge in [-0.05, 0) is 31.0 Å². The van der Waals surface area contributed by atoms with Gasteiger partial charge in [-0.15, -0.1) is 0 Å². The summed E-state index contributed by atoms with van der Waals surface area (Å²) in [5.41, 5.74) is 6.26. The monoisotopic (exact) mass is 262 g/mol. The molecule has 0 radical (unpaired) electrons. The Balaban J connectivity index is 1.84. The molecular weight excluding hydrogens is 244 g/mol. The molecule has 2 aliphatic heterocycles. The van der Waals surface area contributed by atoms with Gasteiger partial charge in [0, 0.05) is 13.1 Å². The molecule has 0 bridgehead atoms. The van der Waals surface area contributed by atoms with Crippen molar-refractivity contribution in [3.63, 3.8) is 0 Å². The van der Waals surface area contributed by atoms with Crippen LogP contribution in [0.2, 0.25) is 0 Å². The minimum absolute atomic E-state index is 0.0123. The fraction of sp³-hybridized carbons (Fsp3) is 0.500. The standard InChI is InChI=1S/C14H18N2O3/c15-8-10-4-5-16(9-10)14(17)11-2-1-3-12-13(11)19-7-6-18-12/h1-3,10H,4-9,15H2/t10-/m0/s1. The van der Waals surface area contributed by atoms with Crippen molar-refractivity contribution in [2.24, 2.45) is 11.7 Å². The second-order valence-corrected chi connectivity index (χ2v) is 4.97. The van der Waals surface area contributed by atoms with Gasteiger partial charge in [0.25, 0.3) is 5.91 Å². The minimum atomic E-state index is 0.0123. The van der Waals surface area contributed by atoms with Crippen molar-refractivity contribution in [3.05, 3.63) is 23.8 Å². The average Bonchev–Trinajstić information content (AvgIpc) is 2.95. The molecule has 1 aromatic carbocycles. The lowest BCUT2D eigenvalue weighted by Crippen LogP contribution is -2.31. The number of carbonyl (C=O) groups excluding carboxylic acids is 1. The summed E-state index contributed by atoms with van der Waals surface area (Å²) >= 11 is 0.